The second kappa shape index (κ2) is 6.06. The number of rotatable bonds is 3. The zero-order chi connectivity index (χ0) is 13.1. The van der Waals surface area contributed by atoms with Crippen LogP contribution in [-0.2, 0) is 4.74 Å². The molecule has 1 aliphatic carbocycles. The van der Waals surface area contributed by atoms with E-state index in [2.05, 4.69) is 14.9 Å². The Labute approximate surface area is 119 Å². The van der Waals surface area contributed by atoms with Crippen LogP contribution < -0.4 is 4.90 Å². The van der Waals surface area contributed by atoms with Crippen LogP contribution in [0.5, 0.6) is 0 Å². The lowest BCUT2D eigenvalue weighted by molar-refractivity contribution is -0.0195. The van der Waals surface area contributed by atoms with Crippen molar-refractivity contribution >= 4 is 17.4 Å². The van der Waals surface area contributed by atoms with E-state index in [0.717, 1.165) is 31.7 Å². The highest BCUT2D eigenvalue weighted by Crippen LogP contribution is 2.28. The second-order valence-electron chi connectivity index (χ2n) is 5.42. The van der Waals surface area contributed by atoms with E-state index in [0.29, 0.717) is 17.2 Å². The summed E-state index contributed by atoms with van der Waals surface area (Å²) in [6.07, 6.45) is 11.4. The summed E-state index contributed by atoms with van der Waals surface area (Å²) in [5.41, 5.74) is 0. The number of aromatic nitrogens is 2. The number of nitrogens with zero attached hydrogens (tertiary/aromatic N) is 3. The van der Waals surface area contributed by atoms with Crippen LogP contribution in [0.15, 0.2) is 12.5 Å². The van der Waals surface area contributed by atoms with E-state index in [9.17, 15) is 0 Å². The molecule has 3 rings (SSSR count). The third kappa shape index (κ3) is 3.18. The summed E-state index contributed by atoms with van der Waals surface area (Å²) in [5, 5.41) is 0.637. The van der Waals surface area contributed by atoms with E-state index < -0.39 is 0 Å². The van der Waals surface area contributed by atoms with Gasteiger partial charge in [0.25, 0.3) is 0 Å². The monoisotopic (exact) mass is 281 g/mol. The molecule has 0 aromatic carbocycles. The van der Waals surface area contributed by atoms with Gasteiger partial charge in [0.1, 0.15) is 11.3 Å². The molecule has 1 aromatic rings. The first-order valence-corrected chi connectivity index (χ1v) is 7.56. The minimum absolute atomic E-state index is 0.417. The molecule has 104 valence electrons. The summed E-state index contributed by atoms with van der Waals surface area (Å²) in [6.45, 7) is 1.93. The van der Waals surface area contributed by atoms with Gasteiger partial charge in [0.2, 0.25) is 0 Å². The van der Waals surface area contributed by atoms with E-state index in [-0.39, 0.29) is 0 Å². The van der Waals surface area contributed by atoms with Crippen molar-refractivity contribution in [3.8, 4) is 0 Å². The van der Waals surface area contributed by atoms with Crippen molar-refractivity contribution in [2.75, 3.05) is 18.0 Å². The quantitative estimate of drug-likeness (QED) is 0.853. The van der Waals surface area contributed by atoms with Gasteiger partial charge in [0, 0.05) is 13.1 Å². The molecule has 0 amide bonds. The molecule has 0 atom stereocenters. The van der Waals surface area contributed by atoms with Gasteiger partial charge in [-0.1, -0.05) is 24.4 Å². The van der Waals surface area contributed by atoms with Crippen LogP contribution in [0.3, 0.4) is 0 Å². The fourth-order valence-corrected chi connectivity index (χ4v) is 3.26. The molecule has 4 nitrogen and oxygen atoms in total. The Bertz CT molecular complexity index is 415. The Kier molecular flexibility index (Phi) is 4.18. The Morgan fingerprint density at radius 2 is 1.79 bits per heavy atom. The van der Waals surface area contributed by atoms with Crippen LogP contribution in [0.2, 0.25) is 5.02 Å². The van der Waals surface area contributed by atoms with Crippen molar-refractivity contribution < 1.29 is 4.74 Å². The molecule has 1 saturated heterocycles. The van der Waals surface area contributed by atoms with Crippen LogP contribution in [0.1, 0.15) is 38.5 Å². The van der Waals surface area contributed by atoms with E-state index in [1.165, 1.54) is 25.7 Å². The molecule has 0 spiro atoms. The maximum Gasteiger partial charge on any atom is 0.150 e. The molecule has 2 fully saturated rings. The maximum atomic E-state index is 6.17. The highest BCUT2D eigenvalue weighted by molar-refractivity contribution is 6.32. The molecule has 1 aliphatic heterocycles. The molecule has 2 heterocycles. The summed E-state index contributed by atoms with van der Waals surface area (Å²) in [5.74, 6) is 0.857. The van der Waals surface area contributed by atoms with Crippen LogP contribution in [0.25, 0.3) is 0 Å². The number of hydrogen-bond acceptors (Lipinski definition) is 4. The van der Waals surface area contributed by atoms with Gasteiger partial charge in [-0.3, -0.25) is 0 Å². The van der Waals surface area contributed by atoms with Gasteiger partial charge in [0.05, 0.1) is 18.4 Å². The fourth-order valence-electron chi connectivity index (χ4n) is 3.04. The van der Waals surface area contributed by atoms with Crippen molar-refractivity contribution in [3.05, 3.63) is 17.5 Å². The molecule has 1 aromatic heterocycles. The first-order chi connectivity index (χ1) is 9.33. The zero-order valence-electron chi connectivity index (χ0n) is 11.1. The van der Waals surface area contributed by atoms with E-state index in [1.54, 1.807) is 12.5 Å². The van der Waals surface area contributed by atoms with Crippen molar-refractivity contribution in [2.24, 2.45) is 0 Å². The van der Waals surface area contributed by atoms with Gasteiger partial charge in [-0.25, -0.2) is 9.97 Å². The minimum Gasteiger partial charge on any atom is -0.375 e. The second-order valence-corrected chi connectivity index (χ2v) is 5.83. The lowest BCUT2D eigenvalue weighted by atomic mass is 10.1. The highest BCUT2D eigenvalue weighted by atomic mass is 35.5. The predicted molar refractivity (Wildman–Crippen MR) is 75.6 cm³/mol. The van der Waals surface area contributed by atoms with Gasteiger partial charge < -0.3 is 9.64 Å². The molecule has 19 heavy (non-hydrogen) atoms. The normalized spacial score (nSPS) is 22.1. The fraction of sp³-hybridized carbons (Fsp3) is 0.714. The third-order valence-corrected chi connectivity index (χ3v) is 4.34. The van der Waals surface area contributed by atoms with Crippen molar-refractivity contribution in [2.45, 2.75) is 50.7 Å². The van der Waals surface area contributed by atoms with Crippen LogP contribution in [-0.4, -0.2) is 35.3 Å². The first-order valence-electron chi connectivity index (χ1n) is 7.19. The minimum atomic E-state index is 0.417. The van der Waals surface area contributed by atoms with Crippen LogP contribution in [0.4, 0.5) is 5.82 Å². The molecule has 2 aliphatic rings. The molecule has 5 heteroatoms. The Morgan fingerprint density at radius 1 is 1.11 bits per heavy atom. The lowest BCUT2D eigenvalue weighted by Crippen LogP contribution is -2.38. The van der Waals surface area contributed by atoms with Crippen molar-refractivity contribution in [1.82, 2.24) is 9.97 Å². The summed E-state index contributed by atoms with van der Waals surface area (Å²) in [4.78, 5) is 10.4. The predicted octanol–water partition coefficient (Wildman–Crippen LogP) is 3.06. The number of hydrogen-bond donors (Lipinski definition) is 0. The summed E-state index contributed by atoms with van der Waals surface area (Å²) in [7, 11) is 0. The standard InChI is InChI=1S/C14H20ClN3O/c15-13-9-16-10-17-14(13)18-7-5-12(6-8-18)19-11-3-1-2-4-11/h9-12H,1-8H2. The van der Waals surface area contributed by atoms with Gasteiger partial charge in [-0.2, -0.15) is 0 Å². The van der Waals surface area contributed by atoms with E-state index in [1.807, 2.05) is 0 Å². The topological polar surface area (TPSA) is 38.2 Å². The zero-order valence-corrected chi connectivity index (χ0v) is 11.9. The average Bonchev–Trinajstić information content (AvgIpc) is 2.93. The first kappa shape index (κ1) is 13.1. The molecule has 0 radical (unpaired) electrons. The number of halogens is 1. The van der Waals surface area contributed by atoms with Gasteiger partial charge in [-0.15, -0.1) is 0 Å². The van der Waals surface area contributed by atoms with E-state index in [4.69, 9.17) is 16.3 Å². The van der Waals surface area contributed by atoms with Gasteiger partial charge in [-0.05, 0) is 25.7 Å². The number of piperidine rings is 1. The van der Waals surface area contributed by atoms with Crippen molar-refractivity contribution in [1.29, 1.82) is 0 Å². The SMILES string of the molecule is Clc1cncnc1N1CCC(OC2CCCC2)CC1. The summed E-state index contributed by atoms with van der Waals surface area (Å²) < 4.78 is 6.17. The maximum absolute atomic E-state index is 6.17. The molecular formula is C14H20ClN3O. The number of ether oxygens (including phenoxy) is 1. The van der Waals surface area contributed by atoms with Crippen LogP contribution in [0, 0.1) is 0 Å². The van der Waals surface area contributed by atoms with Gasteiger partial charge >= 0.3 is 0 Å². The van der Waals surface area contributed by atoms with E-state index >= 15 is 0 Å². The lowest BCUT2D eigenvalue weighted by Gasteiger charge is -2.34. The largest absolute Gasteiger partial charge is 0.375 e. The van der Waals surface area contributed by atoms with Crippen LogP contribution >= 0.6 is 11.6 Å². The average molecular weight is 282 g/mol. The van der Waals surface area contributed by atoms with Gasteiger partial charge in [0.15, 0.2) is 5.82 Å². The molecule has 0 N–H and O–H groups in total. The highest BCUT2D eigenvalue weighted by Gasteiger charge is 2.25. The third-order valence-electron chi connectivity index (χ3n) is 4.08. The summed E-state index contributed by atoms with van der Waals surface area (Å²) >= 11 is 6.13. The van der Waals surface area contributed by atoms with Crippen molar-refractivity contribution in [3.63, 3.8) is 0 Å². The summed E-state index contributed by atoms with van der Waals surface area (Å²) in [6, 6.07) is 0. The Balaban J connectivity index is 1.53. The smallest absolute Gasteiger partial charge is 0.150 e. The number of anilines is 1. The molecular weight excluding hydrogens is 262 g/mol. The Morgan fingerprint density at radius 3 is 2.47 bits per heavy atom. The Hall–Kier alpha value is -0.870. The molecule has 1 saturated carbocycles. The molecule has 0 unspecified atom stereocenters. The molecule has 0 bridgehead atoms.